The summed E-state index contributed by atoms with van der Waals surface area (Å²) in [6.45, 7) is 5.71. The van der Waals surface area contributed by atoms with Crippen LogP contribution in [0.1, 0.15) is 35.7 Å². The Kier molecular flexibility index (Phi) is 4.31. The largest absolute Gasteiger partial charge is 0.396 e. The van der Waals surface area contributed by atoms with Crippen molar-refractivity contribution in [2.24, 2.45) is 5.41 Å². The van der Waals surface area contributed by atoms with Gasteiger partial charge in [0.2, 0.25) is 0 Å². The predicted molar refractivity (Wildman–Crippen MR) is 79.2 cm³/mol. The molecule has 0 radical (unpaired) electrons. The van der Waals surface area contributed by atoms with Crippen molar-refractivity contribution < 1.29 is 9.90 Å². The number of carbonyl (C=O) groups excluding carboxylic acids is 1. The number of likely N-dealkylation sites (tertiary alicyclic amines) is 1. The topological polar surface area (TPSA) is 40.5 Å². The van der Waals surface area contributed by atoms with Gasteiger partial charge >= 0.3 is 0 Å². The molecule has 0 spiro atoms. The van der Waals surface area contributed by atoms with Gasteiger partial charge in [-0.1, -0.05) is 22.9 Å². The number of amides is 1. The van der Waals surface area contributed by atoms with Gasteiger partial charge in [-0.3, -0.25) is 4.79 Å². The van der Waals surface area contributed by atoms with Crippen LogP contribution in [0.15, 0.2) is 22.7 Å². The number of rotatable bonds is 2. The number of aliphatic hydroxyl groups excluding tert-OH is 1. The normalized spacial score (nSPS) is 18.4. The summed E-state index contributed by atoms with van der Waals surface area (Å²) in [5.74, 6) is 0.0874. The summed E-state index contributed by atoms with van der Waals surface area (Å²) < 4.78 is 0.938. The Labute approximate surface area is 122 Å². The minimum Gasteiger partial charge on any atom is -0.396 e. The van der Waals surface area contributed by atoms with Gasteiger partial charge < -0.3 is 10.0 Å². The number of benzene rings is 1. The third kappa shape index (κ3) is 3.37. The molecule has 19 heavy (non-hydrogen) atoms. The van der Waals surface area contributed by atoms with E-state index in [0.29, 0.717) is 0 Å². The lowest BCUT2D eigenvalue weighted by Gasteiger charge is -2.38. The van der Waals surface area contributed by atoms with Gasteiger partial charge in [0.1, 0.15) is 0 Å². The third-order valence-corrected chi connectivity index (χ3v) is 4.39. The molecular formula is C15H20BrNO2. The molecule has 0 unspecified atom stereocenters. The van der Waals surface area contributed by atoms with Crippen molar-refractivity contribution in [2.75, 3.05) is 19.7 Å². The van der Waals surface area contributed by atoms with Crippen LogP contribution in [0.25, 0.3) is 0 Å². The number of piperidine rings is 1. The third-order valence-electron chi connectivity index (χ3n) is 3.93. The van der Waals surface area contributed by atoms with Crippen molar-refractivity contribution >= 4 is 21.8 Å². The van der Waals surface area contributed by atoms with Crippen LogP contribution in [0.5, 0.6) is 0 Å². The lowest BCUT2D eigenvalue weighted by molar-refractivity contribution is 0.0439. The first kappa shape index (κ1) is 14.5. The molecule has 0 saturated carbocycles. The van der Waals surface area contributed by atoms with E-state index in [0.717, 1.165) is 41.5 Å². The molecule has 0 aromatic heterocycles. The number of aliphatic hydroxyl groups is 1. The first-order chi connectivity index (χ1) is 8.93. The highest BCUT2D eigenvalue weighted by molar-refractivity contribution is 9.10. The van der Waals surface area contributed by atoms with E-state index in [-0.39, 0.29) is 17.9 Å². The maximum absolute atomic E-state index is 12.4. The second-order valence-corrected chi connectivity index (χ2v) is 6.69. The van der Waals surface area contributed by atoms with Gasteiger partial charge in [-0.05, 0) is 48.9 Å². The van der Waals surface area contributed by atoms with Crippen LogP contribution in [0.2, 0.25) is 0 Å². The highest BCUT2D eigenvalue weighted by Crippen LogP contribution is 2.30. The number of halogens is 1. The maximum atomic E-state index is 12.4. The van der Waals surface area contributed by atoms with Crippen LogP contribution in [-0.2, 0) is 0 Å². The monoisotopic (exact) mass is 325 g/mol. The zero-order chi connectivity index (χ0) is 14.0. The van der Waals surface area contributed by atoms with Crippen molar-refractivity contribution in [3.8, 4) is 0 Å². The minimum absolute atomic E-state index is 0.0238. The first-order valence-corrected chi connectivity index (χ1v) is 7.40. The van der Waals surface area contributed by atoms with E-state index in [1.165, 1.54) is 0 Å². The Balaban J connectivity index is 2.09. The van der Waals surface area contributed by atoms with Gasteiger partial charge in [0.15, 0.2) is 0 Å². The summed E-state index contributed by atoms with van der Waals surface area (Å²) in [5, 5.41) is 9.36. The molecule has 3 nitrogen and oxygen atoms in total. The summed E-state index contributed by atoms with van der Waals surface area (Å²) in [6, 6.07) is 5.79. The summed E-state index contributed by atoms with van der Waals surface area (Å²) in [4.78, 5) is 14.3. The Bertz CT molecular complexity index is 459. The lowest BCUT2D eigenvalue weighted by Crippen LogP contribution is -2.43. The standard InChI is InChI=1S/C15H20BrNO2/c1-11-7-12(9-13(16)8-11)14(19)17-5-3-15(2,10-18)4-6-17/h7-9,18H,3-6,10H2,1-2H3. The number of hydrogen-bond donors (Lipinski definition) is 1. The van der Waals surface area contributed by atoms with Crippen LogP contribution in [0.4, 0.5) is 0 Å². The summed E-state index contributed by atoms with van der Waals surface area (Å²) in [7, 11) is 0. The van der Waals surface area contributed by atoms with Crippen LogP contribution in [0, 0.1) is 12.3 Å². The smallest absolute Gasteiger partial charge is 0.253 e. The van der Waals surface area contributed by atoms with E-state index in [1.54, 1.807) is 0 Å². The fraction of sp³-hybridized carbons (Fsp3) is 0.533. The van der Waals surface area contributed by atoms with Gasteiger partial charge in [0.05, 0.1) is 0 Å². The van der Waals surface area contributed by atoms with E-state index in [1.807, 2.05) is 30.0 Å². The first-order valence-electron chi connectivity index (χ1n) is 6.61. The van der Waals surface area contributed by atoms with Gasteiger partial charge in [-0.15, -0.1) is 0 Å². The molecule has 104 valence electrons. The molecule has 1 aromatic rings. The lowest BCUT2D eigenvalue weighted by atomic mass is 9.81. The molecule has 4 heteroatoms. The molecule has 1 amide bonds. The van der Waals surface area contributed by atoms with E-state index < -0.39 is 0 Å². The number of nitrogens with zero attached hydrogens (tertiary/aromatic N) is 1. The van der Waals surface area contributed by atoms with Crippen molar-refractivity contribution in [3.63, 3.8) is 0 Å². The highest BCUT2D eigenvalue weighted by atomic mass is 79.9. The quantitative estimate of drug-likeness (QED) is 0.908. The number of carbonyl (C=O) groups is 1. The molecule has 0 atom stereocenters. The summed E-state index contributed by atoms with van der Waals surface area (Å²) >= 11 is 3.43. The molecule has 2 rings (SSSR count). The highest BCUT2D eigenvalue weighted by Gasteiger charge is 2.31. The predicted octanol–water partition coefficient (Wildman–Crippen LogP) is 2.99. The van der Waals surface area contributed by atoms with E-state index in [9.17, 15) is 9.90 Å². The van der Waals surface area contributed by atoms with E-state index in [2.05, 4.69) is 22.9 Å². The van der Waals surface area contributed by atoms with E-state index in [4.69, 9.17) is 0 Å². The SMILES string of the molecule is Cc1cc(Br)cc(C(=O)N2CCC(C)(CO)CC2)c1. The molecule has 1 aliphatic rings. The zero-order valence-corrected chi connectivity index (χ0v) is 13.0. The molecule has 1 saturated heterocycles. The molecule has 1 N–H and O–H groups in total. The van der Waals surface area contributed by atoms with Gasteiger partial charge in [-0.25, -0.2) is 0 Å². The van der Waals surface area contributed by atoms with Crippen molar-refractivity contribution in [3.05, 3.63) is 33.8 Å². The molecule has 0 aliphatic carbocycles. The summed E-state index contributed by atoms with van der Waals surface area (Å²) in [5.41, 5.74) is 1.79. The molecule has 1 fully saturated rings. The Morgan fingerprint density at radius 1 is 1.37 bits per heavy atom. The number of hydrogen-bond acceptors (Lipinski definition) is 2. The molecule has 1 aromatic carbocycles. The zero-order valence-electron chi connectivity index (χ0n) is 11.4. The number of aryl methyl sites for hydroxylation is 1. The molecule has 0 bridgehead atoms. The van der Waals surface area contributed by atoms with Gasteiger partial charge in [-0.2, -0.15) is 0 Å². The Hall–Kier alpha value is -0.870. The van der Waals surface area contributed by atoms with Crippen LogP contribution < -0.4 is 0 Å². The average Bonchev–Trinajstić information content (AvgIpc) is 2.38. The van der Waals surface area contributed by atoms with Gasteiger partial charge in [0, 0.05) is 29.7 Å². The maximum Gasteiger partial charge on any atom is 0.253 e. The van der Waals surface area contributed by atoms with Crippen LogP contribution >= 0.6 is 15.9 Å². The minimum atomic E-state index is -0.0238. The van der Waals surface area contributed by atoms with Gasteiger partial charge in [0.25, 0.3) is 5.91 Å². The molecule has 1 aliphatic heterocycles. The Morgan fingerprint density at radius 2 is 2.00 bits per heavy atom. The van der Waals surface area contributed by atoms with Crippen molar-refractivity contribution in [1.82, 2.24) is 4.90 Å². The fourth-order valence-corrected chi connectivity index (χ4v) is 3.06. The molecule has 1 heterocycles. The van der Waals surface area contributed by atoms with Crippen molar-refractivity contribution in [2.45, 2.75) is 26.7 Å². The van der Waals surface area contributed by atoms with E-state index >= 15 is 0 Å². The average molecular weight is 326 g/mol. The summed E-state index contributed by atoms with van der Waals surface area (Å²) in [6.07, 6.45) is 1.73. The van der Waals surface area contributed by atoms with Crippen molar-refractivity contribution in [1.29, 1.82) is 0 Å². The van der Waals surface area contributed by atoms with Crippen LogP contribution in [0.3, 0.4) is 0 Å². The van der Waals surface area contributed by atoms with Crippen LogP contribution in [-0.4, -0.2) is 35.6 Å². The molecular weight excluding hydrogens is 306 g/mol. The fourth-order valence-electron chi connectivity index (χ4n) is 2.45. The second kappa shape index (κ2) is 5.63. The Morgan fingerprint density at radius 3 is 2.53 bits per heavy atom. The second-order valence-electron chi connectivity index (χ2n) is 5.78.